The lowest BCUT2D eigenvalue weighted by Crippen LogP contribution is -2.36. The molecule has 1 aliphatic rings. The zero-order chi connectivity index (χ0) is 16.9. The highest BCUT2D eigenvalue weighted by Crippen LogP contribution is 2.34. The average molecular weight is 322 g/mol. The van der Waals surface area contributed by atoms with Gasteiger partial charge in [0.05, 0.1) is 5.92 Å². The van der Waals surface area contributed by atoms with Crippen LogP contribution >= 0.6 is 0 Å². The first-order valence-electron chi connectivity index (χ1n) is 8.34. The van der Waals surface area contributed by atoms with Crippen molar-refractivity contribution in [3.63, 3.8) is 0 Å². The molecule has 2 N–H and O–H groups in total. The van der Waals surface area contributed by atoms with Gasteiger partial charge in [-0.2, -0.15) is 0 Å². The molecule has 0 saturated carbocycles. The number of fused-ring (bicyclic) bond motifs is 1. The molecule has 3 rings (SSSR count). The van der Waals surface area contributed by atoms with E-state index in [1.54, 1.807) is 4.90 Å². The highest BCUT2D eigenvalue weighted by Gasteiger charge is 2.31. The summed E-state index contributed by atoms with van der Waals surface area (Å²) in [6.07, 6.45) is 1.95. The molecule has 0 heterocycles. The van der Waals surface area contributed by atoms with Crippen LogP contribution in [0.2, 0.25) is 0 Å². The van der Waals surface area contributed by atoms with Gasteiger partial charge in [-0.25, -0.2) is 0 Å². The zero-order valence-electron chi connectivity index (χ0n) is 13.7. The Kier molecular flexibility index (Phi) is 4.94. The zero-order valence-corrected chi connectivity index (χ0v) is 13.7. The Balaban J connectivity index is 1.79. The van der Waals surface area contributed by atoms with Gasteiger partial charge in [-0.15, -0.1) is 0 Å². The Morgan fingerprint density at radius 3 is 2.50 bits per heavy atom. The molecule has 0 aliphatic heterocycles. The second-order valence-corrected chi connectivity index (χ2v) is 6.25. The maximum atomic E-state index is 13.1. The lowest BCUT2D eigenvalue weighted by molar-refractivity contribution is -0.133. The molecule has 2 aromatic carbocycles. The molecule has 0 spiro atoms. The van der Waals surface area contributed by atoms with Gasteiger partial charge in [0.1, 0.15) is 0 Å². The third-order valence-electron chi connectivity index (χ3n) is 4.59. The molecule has 0 bridgehead atoms. The average Bonchev–Trinajstić information content (AvgIpc) is 3.03. The van der Waals surface area contributed by atoms with E-state index in [-0.39, 0.29) is 24.2 Å². The summed E-state index contributed by atoms with van der Waals surface area (Å²) in [5.74, 6) is -0.407. The summed E-state index contributed by atoms with van der Waals surface area (Å²) in [6, 6.07) is 18.0. The monoisotopic (exact) mass is 322 g/mol. The Morgan fingerprint density at radius 1 is 1.04 bits per heavy atom. The van der Waals surface area contributed by atoms with Crippen molar-refractivity contribution in [2.24, 2.45) is 5.73 Å². The van der Waals surface area contributed by atoms with E-state index in [1.165, 1.54) is 5.56 Å². The number of aryl methyl sites for hydroxylation is 1. The second-order valence-electron chi connectivity index (χ2n) is 6.25. The summed E-state index contributed by atoms with van der Waals surface area (Å²) < 4.78 is 0. The van der Waals surface area contributed by atoms with Gasteiger partial charge in [0, 0.05) is 19.5 Å². The number of hydrogen-bond acceptors (Lipinski definition) is 2. The van der Waals surface area contributed by atoms with Crippen LogP contribution in [-0.2, 0) is 22.6 Å². The van der Waals surface area contributed by atoms with E-state index in [9.17, 15) is 9.59 Å². The van der Waals surface area contributed by atoms with E-state index in [0.29, 0.717) is 13.1 Å². The Hall–Kier alpha value is -2.62. The molecule has 2 amide bonds. The molecule has 0 fully saturated rings. The quantitative estimate of drug-likeness (QED) is 0.888. The largest absolute Gasteiger partial charge is 0.370 e. The molecule has 1 aliphatic carbocycles. The number of nitrogens with two attached hydrogens (primary N) is 1. The van der Waals surface area contributed by atoms with Crippen molar-refractivity contribution >= 4 is 11.8 Å². The Bertz CT molecular complexity index is 727. The number of primary amides is 1. The number of benzene rings is 2. The van der Waals surface area contributed by atoms with E-state index in [0.717, 1.165) is 24.0 Å². The summed E-state index contributed by atoms with van der Waals surface area (Å²) in [4.78, 5) is 26.1. The fourth-order valence-corrected chi connectivity index (χ4v) is 3.35. The molecule has 4 nitrogen and oxygen atoms in total. The second kappa shape index (κ2) is 7.30. The van der Waals surface area contributed by atoms with Gasteiger partial charge < -0.3 is 10.6 Å². The maximum Gasteiger partial charge on any atom is 0.230 e. The van der Waals surface area contributed by atoms with Crippen LogP contribution in [0.4, 0.5) is 0 Å². The highest BCUT2D eigenvalue weighted by molar-refractivity contribution is 5.85. The lowest BCUT2D eigenvalue weighted by atomic mass is 9.99. The molecular weight excluding hydrogens is 300 g/mol. The highest BCUT2D eigenvalue weighted by atomic mass is 16.2. The first kappa shape index (κ1) is 16.2. The number of amides is 2. The molecule has 0 unspecified atom stereocenters. The van der Waals surface area contributed by atoms with Crippen LogP contribution in [0.3, 0.4) is 0 Å². The number of carbonyl (C=O) groups excluding carboxylic acids is 2. The van der Waals surface area contributed by atoms with Crippen molar-refractivity contribution in [2.75, 3.05) is 6.54 Å². The molecule has 0 saturated heterocycles. The van der Waals surface area contributed by atoms with Crippen molar-refractivity contribution in [3.05, 3.63) is 71.3 Å². The predicted molar refractivity (Wildman–Crippen MR) is 93.2 cm³/mol. The Morgan fingerprint density at radius 2 is 1.75 bits per heavy atom. The van der Waals surface area contributed by atoms with Crippen molar-refractivity contribution in [1.29, 1.82) is 0 Å². The summed E-state index contributed by atoms with van der Waals surface area (Å²) >= 11 is 0. The van der Waals surface area contributed by atoms with E-state index < -0.39 is 0 Å². The summed E-state index contributed by atoms with van der Waals surface area (Å²) in [7, 11) is 0. The normalized spacial score (nSPS) is 15.8. The van der Waals surface area contributed by atoms with Gasteiger partial charge in [0.2, 0.25) is 11.8 Å². The van der Waals surface area contributed by atoms with E-state index >= 15 is 0 Å². The first-order valence-corrected chi connectivity index (χ1v) is 8.34. The molecule has 0 radical (unpaired) electrons. The standard InChI is InChI=1S/C20H22N2O2/c21-19(23)12-13-22(14-15-6-2-1-3-7-15)20(24)18-11-10-16-8-4-5-9-17(16)18/h1-9,18H,10-14H2,(H2,21,23)/t18-/m0/s1. The molecule has 4 heteroatoms. The number of hydrogen-bond donors (Lipinski definition) is 1. The van der Waals surface area contributed by atoms with Crippen LogP contribution in [0.1, 0.15) is 35.4 Å². The van der Waals surface area contributed by atoms with Gasteiger partial charge in [0.25, 0.3) is 0 Å². The first-order chi connectivity index (χ1) is 11.6. The maximum absolute atomic E-state index is 13.1. The van der Waals surface area contributed by atoms with Crippen LogP contribution in [0, 0.1) is 0 Å². The van der Waals surface area contributed by atoms with Crippen molar-refractivity contribution < 1.29 is 9.59 Å². The van der Waals surface area contributed by atoms with Crippen molar-refractivity contribution in [2.45, 2.75) is 31.7 Å². The van der Waals surface area contributed by atoms with Crippen molar-refractivity contribution in [3.8, 4) is 0 Å². The molecule has 0 aromatic heterocycles. The smallest absolute Gasteiger partial charge is 0.230 e. The van der Waals surface area contributed by atoms with Crippen LogP contribution in [-0.4, -0.2) is 23.3 Å². The number of carbonyl (C=O) groups is 2. The van der Waals surface area contributed by atoms with Crippen molar-refractivity contribution in [1.82, 2.24) is 4.90 Å². The SMILES string of the molecule is NC(=O)CCN(Cc1ccccc1)C(=O)[C@H]1CCc2ccccc21. The summed E-state index contributed by atoms with van der Waals surface area (Å²) in [5.41, 5.74) is 8.72. The van der Waals surface area contributed by atoms with Crippen LogP contribution < -0.4 is 5.73 Å². The van der Waals surface area contributed by atoms with Gasteiger partial charge in [0.15, 0.2) is 0 Å². The third kappa shape index (κ3) is 3.65. The van der Waals surface area contributed by atoms with Gasteiger partial charge in [-0.3, -0.25) is 9.59 Å². The lowest BCUT2D eigenvalue weighted by Gasteiger charge is -2.26. The van der Waals surface area contributed by atoms with Crippen LogP contribution in [0.15, 0.2) is 54.6 Å². The topological polar surface area (TPSA) is 63.4 Å². The fourth-order valence-electron chi connectivity index (χ4n) is 3.35. The fraction of sp³-hybridized carbons (Fsp3) is 0.300. The van der Waals surface area contributed by atoms with E-state index in [1.807, 2.05) is 48.5 Å². The number of nitrogens with zero attached hydrogens (tertiary/aromatic N) is 1. The minimum absolute atomic E-state index is 0.0880. The van der Waals surface area contributed by atoms with Crippen LogP contribution in [0.5, 0.6) is 0 Å². The molecule has 2 aromatic rings. The van der Waals surface area contributed by atoms with Gasteiger partial charge in [-0.1, -0.05) is 54.6 Å². The molecule has 24 heavy (non-hydrogen) atoms. The number of rotatable bonds is 6. The molecular formula is C20H22N2O2. The minimum Gasteiger partial charge on any atom is -0.370 e. The van der Waals surface area contributed by atoms with E-state index in [2.05, 4.69) is 6.07 Å². The summed E-state index contributed by atoms with van der Waals surface area (Å²) in [5, 5.41) is 0. The van der Waals surface area contributed by atoms with Crippen LogP contribution in [0.25, 0.3) is 0 Å². The molecule has 124 valence electrons. The predicted octanol–water partition coefficient (Wildman–Crippen LogP) is 2.62. The Labute approximate surface area is 142 Å². The molecule has 1 atom stereocenters. The summed E-state index contributed by atoms with van der Waals surface area (Å²) in [6.45, 7) is 0.868. The van der Waals surface area contributed by atoms with Gasteiger partial charge in [-0.05, 0) is 29.5 Å². The van der Waals surface area contributed by atoms with E-state index in [4.69, 9.17) is 5.73 Å². The minimum atomic E-state index is -0.382. The third-order valence-corrected chi connectivity index (χ3v) is 4.59. The van der Waals surface area contributed by atoms with Gasteiger partial charge >= 0.3 is 0 Å².